The average Bonchev–Trinajstić information content (AvgIpc) is 3.16. The zero-order valence-electron chi connectivity index (χ0n) is 13.7. The van der Waals surface area contributed by atoms with E-state index in [2.05, 4.69) is 10.6 Å². The van der Waals surface area contributed by atoms with Gasteiger partial charge in [-0.3, -0.25) is 4.79 Å². The summed E-state index contributed by atoms with van der Waals surface area (Å²) in [4.78, 5) is 26.8. The molecule has 0 saturated carbocycles. The Morgan fingerprint density at radius 1 is 1.29 bits per heavy atom. The molecule has 0 aromatic heterocycles. The number of ether oxygens (including phenoxy) is 1. The van der Waals surface area contributed by atoms with Crippen LogP contribution in [0.2, 0.25) is 0 Å². The fourth-order valence-corrected chi connectivity index (χ4v) is 3.75. The number of amides is 3. The Hall–Kier alpha value is -2.34. The van der Waals surface area contributed by atoms with Crippen LogP contribution in [0.5, 0.6) is 0 Å². The maximum Gasteiger partial charge on any atom is 0.319 e. The summed E-state index contributed by atoms with van der Waals surface area (Å²) in [5.41, 5.74) is 3.39. The number of hydrogen-bond donors (Lipinski definition) is 2. The number of nitrogens with zero attached hydrogens (tertiary/aromatic N) is 1. The number of hydrogen-bond acceptors (Lipinski definition) is 3. The normalized spacial score (nSPS) is 26.5. The Labute approximate surface area is 140 Å². The van der Waals surface area contributed by atoms with E-state index < -0.39 is 6.04 Å². The highest BCUT2D eigenvalue weighted by Gasteiger charge is 2.41. The molecular weight excluding hydrogens is 306 g/mol. The maximum atomic E-state index is 13.0. The second-order valence-electron chi connectivity index (χ2n) is 6.60. The van der Waals surface area contributed by atoms with E-state index in [4.69, 9.17) is 4.74 Å². The van der Waals surface area contributed by atoms with Gasteiger partial charge in [-0.15, -0.1) is 0 Å². The van der Waals surface area contributed by atoms with Crippen molar-refractivity contribution in [3.05, 3.63) is 46.7 Å². The third-order valence-corrected chi connectivity index (χ3v) is 4.97. The van der Waals surface area contributed by atoms with E-state index >= 15 is 0 Å². The van der Waals surface area contributed by atoms with Gasteiger partial charge in [0.25, 0.3) is 5.91 Å². The van der Waals surface area contributed by atoms with Crippen molar-refractivity contribution in [3.63, 3.8) is 0 Å². The third-order valence-electron chi connectivity index (χ3n) is 4.97. The van der Waals surface area contributed by atoms with E-state index in [9.17, 15) is 9.59 Å². The zero-order valence-corrected chi connectivity index (χ0v) is 13.7. The van der Waals surface area contributed by atoms with Crippen molar-refractivity contribution < 1.29 is 14.3 Å². The number of nitrogens with one attached hydrogen (secondary N) is 2. The lowest BCUT2D eigenvalue weighted by atomic mass is 9.93. The molecule has 6 heteroatoms. The summed E-state index contributed by atoms with van der Waals surface area (Å²) >= 11 is 0. The van der Waals surface area contributed by atoms with Crippen LogP contribution in [-0.4, -0.2) is 42.6 Å². The van der Waals surface area contributed by atoms with Crippen LogP contribution in [0.4, 0.5) is 4.79 Å². The van der Waals surface area contributed by atoms with Crippen LogP contribution >= 0.6 is 0 Å². The first-order valence-electron chi connectivity index (χ1n) is 8.40. The number of aryl methyl sites for hydroxylation is 1. The van der Waals surface area contributed by atoms with Gasteiger partial charge >= 0.3 is 6.03 Å². The van der Waals surface area contributed by atoms with Crippen LogP contribution in [0.1, 0.15) is 30.0 Å². The lowest BCUT2D eigenvalue weighted by Gasteiger charge is -2.26. The van der Waals surface area contributed by atoms with Crippen LogP contribution in [0.25, 0.3) is 0 Å². The standard InChI is InChI=1S/C18H21N3O3/c1-11-5-2-3-7-13(11)16-15-14(19-18(23)20-16)10-21(17(15)22)9-12-6-4-8-24-12/h2-3,5,7,12,16H,4,6,8-10H2,1H3,(H2,19,20,23)/t12-,16+/m1/s1. The molecule has 0 spiro atoms. The summed E-state index contributed by atoms with van der Waals surface area (Å²) < 4.78 is 5.65. The minimum Gasteiger partial charge on any atom is -0.376 e. The Morgan fingerprint density at radius 2 is 2.12 bits per heavy atom. The van der Waals surface area contributed by atoms with Gasteiger partial charge in [0, 0.05) is 13.2 Å². The Balaban J connectivity index is 1.62. The smallest absolute Gasteiger partial charge is 0.319 e. The van der Waals surface area contributed by atoms with Crippen LogP contribution < -0.4 is 10.6 Å². The van der Waals surface area contributed by atoms with Gasteiger partial charge < -0.3 is 20.3 Å². The first kappa shape index (κ1) is 15.2. The molecule has 0 unspecified atom stereocenters. The molecule has 3 amide bonds. The van der Waals surface area contributed by atoms with Gasteiger partial charge in [0.15, 0.2) is 0 Å². The molecule has 1 aromatic rings. The summed E-state index contributed by atoms with van der Waals surface area (Å²) in [5, 5.41) is 5.71. The molecule has 2 N–H and O–H groups in total. The SMILES string of the molecule is Cc1ccccc1[C@@H]1NC(=O)NC2=C1C(=O)N(C[C@H]1CCCO1)C2. The summed E-state index contributed by atoms with van der Waals surface area (Å²) in [6.45, 7) is 3.79. The molecular formula is C18H21N3O3. The van der Waals surface area contributed by atoms with Crippen LogP contribution in [0.15, 0.2) is 35.5 Å². The second-order valence-corrected chi connectivity index (χ2v) is 6.60. The lowest BCUT2D eigenvalue weighted by molar-refractivity contribution is -0.127. The Morgan fingerprint density at radius 3 is 2.88 bits per heavy atom. The topological polar surface area (TPSA) is 70.7 Å². The molecule has 0 aliphatic carbocycles. The number of rotatable bonds is 3. The molecule has 3 aliphatic heterocycles. The monoisotopic (exact) mass is 327 g/mol. The van der Waals surface area contributed by atoms with E-state index in [-0.39, 0.29) is 18.0 Å². The lowest BCUT2D eigenvalue weighted by Crippen LogP contribution is -2.44. The fourth-order valence-electron chi connectivity index (χ4n) is 3.75. The van der Waals surface area contributed by atoms with Gasteiger partial charge in [0.2, 0.25) is 0 Å². The van der Waals surface area contributed by atoms with Gasteiger partial charge in [-0.25, -0.2) is 4.79 Å². The molecule has 1 fully saturated rings. The quantitative estimate of drug-likeness (QED) is 0.886. The van der Waals surface area contributed by atoms with Crippen molar-refractivity contribution >= 4 is 11.9 Å². The number of benzene rings is 1. The molecule has 3 aliphatic rings. The molecule has 1 aromatic carbocycles. The molecule has 126 valence electrons. The van der Waals surface area contributed by atoms with Gasteiger partial charge in [-0.05, 0) is 30.9 Å². The van der Waals surface area contributed by atoms with E-state index in [1.807, 2.05) is 31.2 Å². The minimum absolute atomic E-state index is 0.0127. The van der Waals surface area contributed by atoms with Crippen molar-refractivity contribution in [2.75, 3.05) is 19.7 Å². The van der Waals surface area contributed by atoms with Crippen molar-refractivity contribution in [1.29, 1.82) is 0 Å². The van der Waals surface area contributed by atoms with Crippen LogP contribution in [-0.2, 0) is 9.53 Å². The van der Waals surface area contributed by atoms with E-state index in [1.165, 1.54) is 0 Å². The van der Waals surface area contributed by atoms with Crippen molar-refractivity contribution in [3.8, 4) is 0 Å². The average molecular weight is 327 g/mol. The predicted molar refractivity (Wildman–Crippen MR) is 88.2 cm³/mol. The molecule has 2 atom stereocenters. The summed E-state index contributed by atoms with van der Waals surface area (Å²) in [6.07, 6.45) is 2.14. The molecule has 0 radical (unpaired) electrons. The van der Waals surface area contributed by atoms with E-state index in [0.29, 0.717) is 18.7 Å². The van der Waals surface area contributed by atoms with Gasteiger partial charge in [-0.2, -0.15) is 0 Å². The largest absolute Gasteiger partial charge is 0.376 e. The van der Waals surface area contributed by atoms with Crippen molar-refractivity contribution in [1.82, 2.24) is 15.5 Å². The summed E-state index contributed by atoms with van der Waals surface area (Å²) in [7, 11) is 0. The first-order chi connectivity index (χ1) is 11.6. The molecule has 24 heavy (non-hydrogen) atoms. The van der Waals surface area contributed by atoms with Gasteiger partial charge in [-0.1, -0.05) is 24.3 Å². The Bertz CT molecular complexity index is 722. The second kappa shape index (κ2) is 5.94. The zero-order chi connectivity index (χ0) is 16.7. The third kappa shape index (κ3) is 2.57. The summed E-state index contributed by atoms with van der Waals surface area (Å²) in [6, 6.07) is 7.20. The highest BCUT2D eigenvalue weighted by atomic mass is 16.5. The Kier molecular flexibility index (Phi) is 3.76. The number of carbonyl (C=O) groups is 2. The molecule has 0 bridgehead atoms. The molecule has 1 saturated heterocycles. The highest BCUT2D eigenvalue weighted by molar-refractivity contribution is 6.01. The summed E-state index contributed by atoms with van der Waals surface area (Å²) in [5.74, 6) is -0.0127. The maximum absolute atomic E-state index is 13.0. The fraction of sp³-hybridized carbons (Fsp3) is 0.444. The van der Waals surface area contributed by atoms with E-state index in [1.54, 1.807) is 4.90 Å². The van der Waals surface area contributed by atoms with Crippen LogP contribution in [0.3, 0.4) is 0 Å². The number of carbonyl (C=O) groups excluding carboxylic acids is 2. The number of urea groups is 1. The van der Waals surface area contributed by atoms with Crippen molar-refractivity contribution in [2.24, 2.45) is 0 Å². The highest BCUT2D eigenvalue weighted by Crippen LogP contribution is 2.34. The van der Waals surface area contributed by atoms with Gasteiger partial charge in [0.1, 0.15) is 0 Å². The molecule has 3 heterocycles. The predicted octanol–water partition coefficient (Wildman–Crippen LogP) is 1.62. The van der Waals surface area contributed by atoms with Gasteiger partial charge in [0.05, 0.1) is 30.0 Å². The van der Waals surface area contributed by atoms with E-state index in [0.717, 1.165) is 36.3 Å². The molecule has 6 nitrogen and oxygen atoms in total. The minimum atomic E-state index is -0.392. The van der Waals surface area contributed by atoms with Crippen LogP contribution in [0, 0.1) is 6.92 Å². The first-order valence-corrected chi connectivity index (χ1v) is 8.40. The van der Waals surface area contributed by atoms with Crippen molar-refractivity contribution in [2.45, 2.75) is 31.9 Å². The molecule has 4 rings (SSSR count).